The minimum absolute atomic E-state index is 0.0951. The van der Waals surface area contributed by atoms with Crippen LogP contribution in [0.2, 0.25) is 0 Å². The Kier molecular flexibility index (Phi) is 7.01. The fourth-order valence-corrected chi connectivity index (χ4v) is 4.36. The number of phenols is 1. The van der Waals surface area contributed by atoms with Gasteiger partial charge in [-0.25, -0.2) is 9.59 Å². The van der Waals surface area contributed by atoms with E-state index in [1.165, 1.54) is 12.1 Å². The second kappa shape index (κ2) is 10.3. The third-order valence-corrected chi connectivity index (χ3v) is 6.03. The normalized spacial score (nSPS) is 12.8. The Morgan fingerprint density at radius 2 is 1.60 bits per heavy atom. The van der Waals surface area contributed by atoms with Crippen LogP contribution in [0.5, 0.6) is 5.75 Å². The van der Waals surface area contributed by atoms with Crippen molar-refractivity contribution in [2.45, 2.75) is 31.7 Å². The van der Waals surface area contributed by atoms with Crippen molar-refractivity contribution in [2.75, 3.05) is 11.9 Å². The quantitative estimate of drug-likeness (QED) is 0.374. The smallest absolute Gasteiger partial charge is 0.407 e. The molecule has 3 aromatic carbocycles. The van der Waals surface area contributed by atoms with Gasteiger partial charge >= 0.3 is 12.1 Å². The minimum atomic E-state index is -1.28. The number of carboxylic acids is 1. The van der Waals surface area contributed by atoms with Gasteiger partial charge in [0.2, 0.25) is 5.91 Å². The first-order valence-corrected chi connectivity index (χ1v) is 11.4. The number of aromatic hydroxyl groups is 1. The van der Waals surface area contributed by atoms with Crippen molar-refractivity contribution in [2.24, 2.45) is 0 Å². The predicted molar refractivity (Wildman–Crippen MR) is 131 cm³/mol. The minimum Gasteiger partial charge on any atom is -0.507 e. The molecule has 0 spiro atoms. The van der Waals surface area contributed by atoms with Crippen LogP contribution in [0.25, 0.3) is 11.1 Å². The van der Waals surface area contributed by atoms with Gasteiger partial charge in [-0.1, -0.05) is 61.9 Å². The van der Waals surface area contributed by atoms with Crippen LogP contribution < -0.4 is 10.6 Å². The highest BCUT2D eigenvalue weighted by Gasteiger charge is 2.29. The number of amides is 2. The number of aromatic carboxylic acids is 1. The lowest BCUT2D eigenvalue weighted by Crippen LogP contribution is -2.44. The van der Waals surface area contributed by atoms with E-state index in [1.54, 1.807) is 0 Å². The molecule has 4 rings (SSSR count). The van der Waals surface area contributed by atoms with E-state index >= 15 is 0 Å². The average Bonchev–Trinajstić information content (AvgIpc) is 3.16. The number of carbonyl (C=O) groups is 3. The highest BCUT2D eigenvalue weighted by molar-refractivity contribution is 5.98. The van der Waals surface area contributed by atoms with Crippen molar-refractivity contribution in [1.82, 2.24) is 5.32 Å². The lowest BCUT2D eigenvalue weighted by Gasteiger charge is -2.19. The van der Waals surface area contributed by atoms with Crippen molar-refractivity contribution in [1.29, 1.82) is 0 Å². The van der Waals surface area contributed by atoms with E-state index in [2.05, 4.69) is 22.8 Å². The van der Waals surface area contributed by atoms with Crippen LogP contribution in [-0.4, -0.2) is 40.8 Å². The summed E-state index contributed by atoms with van der Waals surface area (Å²) < 4.78 is 5.54. The van der Waals surface area contributed by atoms with Crippen LogP contribution in [0.3, 0.4) is 0 Å². The first kappa shape index (κ1) is 23.8. The van der Waals surface area contributed by atoms with Crippen molar-refractivity contribution < 1.29 is 29.3 Å². The summed E-state index contributed by atoms with van der Waals surface area (Å²) in [5.74, 6) is -2.34. The van der Waals surface area contributed by atoms with Gasteiger partial charge in [-0.05, 0) is 40.8 Å². The molecule has 8 heteroatoms. The Hall–Kier alpha value is -4.33. The number of rotatable bonds is 8. The Bertz CT molecular complexity index is 1230. The van der Waals surface area contributed by atoms with Gasteiger partial charge in [0.1, 0.15) is 24.0 Å². The summed E-state index contributed by atoms with van der Waals surface area (Å²) in [6, 6.07) is 18.9. The number of hydrogen-bond donors (Lipinski definition) is 4. The largest absolute Gasteiger partial charge is 0.507 e. The molecule has 1 atom stereocenters. The zero-order valence-electron chi connectivity index (χ0n) is 19.2. The predicted octanol–water partition coefficient (Wildman–Crippen LogP) is 4.74. The first-order valence-electron chi connectivity index (χ1n) is 11.4. The van der Waals surface area contributed by atoms with Crippen molar-refractivity contribution in [3.8, 4) is 16.9 Å². The van der Waals surface area contributed by atoms with E-state index in [0.717, 1.165) is 28.3 Å². The summed E-state index contributed by atoms with van der Waals surface area (Å²) in [7, 11) is 0. The van der Waals surface area contributed by atoms with Gasteiger partial charge in [0.15, 0.2) is 0 Å². The Morgan fingerprint density at radius 1 is 0.971 bits per heavy atom. The van der Waals surface area contributed by atoms with Crippen LogP contribution in [0, 0.1) is 0 Å². The Balaban J connectivity index is 1.40. The number of carbonyl (C=O) groups excluding carboxylic acids is 2. The third kappa shape index (κ3) is 5.11. The van der Waals surface area contributed by atoms with Gasteiger partial charge in [0.25, 0.3) is 0 Å². The third-order valence-electron chi connectivity index (χ3n) is 6.03. The Morgan fingerprint density at radius 3 is 2.17 bits per heavy atom. The van der Waals surface area contributed by atoms with E-state index in [-0.39, 0.29) is 23.8 Å². The molecule has 8 nitrogen and oxygen atoms in total. The van der Waals surface area contributed by atoms with E-state index in [0.29, 0.717) is 12.8 Å². The molecule has 1 aliphatic rings. The van der Waals surface area contributed by atoms with Crippen molar-refractivity contribution in [3.05, 3.63) is 83.4 Å². The molecular weight excluding hydrogens is 448 g/mol. The van der Waals surface area contributed by atoms with Crippen LogP contribution in [0.4, 0.5) is 10.5 Å². The summed E-state index contributed by atoms with van der Waals surface area (Å²) in [5.41, 5.74) is 4.37. The van der Waals surface area contributed by atoms with Gasteiger partial charge in [-0.15, -0.1) is 0 Å². The molecule has 1 unspecified atom stereocenters. The highest BCUT2D eigenvalue weighted by Crippen LogP contribution is 2.44. The van der Waals surface area contributed by atoms with Crippen molar-refractivity contribution in [3.63, 3.8) is 0 Å². The number of hydrogen-bond acceptors (Lipinski definition) is 5. The molecule has 0 bridgehead atoms. The van der Waals surface area contributed by atoms with E-state index < -0.39 is 29.8 Å². The van der Waals surface area contributed by atoms with Crippen LogP contribution >= 0.6 is 0 Å². The molecule has 180 valence electrons. The first-order chi connectivity index (χ1) is 16.9. The lowest BCUT2D eigenvalue weighted by molar-refractivity contribution is -0.118. The highest BCUT2D eigenvalue weighted by atomic mass is 16.5. The van der Waals surface area contributed by atoms with Gasteiger partial charge in [-0.2, -0.15) is 0 Å². The number of alkyl carbamates (subject to hydrolysis) is 1. The molecule has 3 aromatic rings. The summed E-state index contributed by atoms with van der Waals surface area (Å²) in [6.07, 6.45) is 0.296. The van der Waals surface area contributed by atoms with Gasteiger partial charge in [0.05, 0.1) is 0 Å². The summed E-state index contributed by atoms with van der Waals surface area (Å²) in [6.45, 7) is 2.01. The molecule has 1 aliphatic carbocycles. The standard InChI is InChI=1S/C27H26N2O6/c1-2-7-23(25(31)28-16-12-13-21(26(32)33)24(30)14-16)29-27(34)35-15-22-19-10-5-3-8-17(19)18-9-4-6-11-20(18)22/h3-6,8-14,22-23,30H,2,7,15H2,1H3,(H,28,31)(H,29,34)(H,32,33). The summed E-state index contributed by atoms with van der Waals surface area (Å²) in [5, 5.41) is 24.1. The molecule has 0 aromatic heterocycles. The van der Waals surface area contributed by atoms with Crippen LogP contribution in [0.1, 0.15) is 47.2 Å². The number of anilines is 1. The van der Waals surface area contributed by atoms with Crippen LogP contribution in [0.15, 0.2) is 66.7 Å². The second-order valence-corrected chi connectivity index (χ2v) is 8.34. The van der Waals surface area contributed by atoms with Crippen molar-refractivity contribution >= 4 is 23.7 Å². The fraction of sp³-hybridized carbons (Fsp3) is 0.222. The van der Waals surface area contributed by atoms with E-state index in [9.17, 15) is 19.5 Å². The van der Waals surface area contributed by atoms with E-state index in [1.807, 2.05) is 43.3 Å². The molecule has 0 saturated carbocycles. The maximum Gasteiger partial charge on any atom is 0.407 e. The molecular formula is C27H26N2O6. The number of ether oxygens (including phenoxy) is 1. The number of benzene rings is 3. The Labute approximate surface area is 202 Å². The lowest BCUT2D eigenvalue weighted by atomic mass is 9.98. The summed E-state index contributed by atoms with van der Waals surface area (Å²) >= 11 is 0. The van der Waals surface area contributed by atoms with E-state index in [4.69, 9.17) is 9.84 Å². The molecule has 0 aliphatic heterocycles. The zero-order chi connectivity index (χ0) is 24.9. The summed E-state index contributed by atoms with van der Waals surface area (Å²) in [4.78, 5) is 36.5. The average molecular weight is 475 g/mol. The molecule has 0 radical (unpaired) electrons. The topological polar surface area (TPSA) is 125 Å². The number of nitrogens with one attached hydrogen (secondary N) is 2. The number of fused-ring (bicyclic) bond motifs is 3. The monoisotopic (exact) mass is 474 g/mol. The molecule has 0 fully saturated rings. The molecule has 35 heavy (non-hydrogen) atoms. The second-order valence-electron chi connectivity index (χ2n) is 8.34. The number of carboxylic acid groups (broad SMARTS) is 1. The SMILES string of the molecule is CCCC(NC(=O)OCC1c2ccccc2-c2ccccc21)C(=O)Nc1ccc(C(=O)O)c(O)c1. The maximum atomic E-state index is 12.8. The zero-order valence-corrected chi connectivity index (χ0v) is 19.2. The fourth-order valence-electron chi connectivity index (χ4n) is 4.36. The van der Waals surface area contributed by atoms with Gasteiger partial charge in [0, 0.05) is 17.7 Å². The molecule has 2 amide bonds. The molecule has 4 N–H and O–H groups in total. The molecule has 0 saturated heterocycles. The molecule has 0 heterocycles. The van der Waals surface area contributed by atoms with Gasteiger partial charge in [-0.3, -0.25) is 4.79 Å². The maximum absolute atomic E-state index is 12.8. The van der Waals surface area contributed by atoms with Crippen LogP contribution in [-0.2, 0) is 9.53 Å². The van der Waals surface area contributed by atoms with Gasteiger partial charge < -0.3 is 25.6 Å².